The summed E-state index contributed by atoms with van der Waals surface area (Å²) in [7, 11) is 3.46. The number of hydrogen-bond acceptors (Lipinski definition) is 4. The molecule has 0 unspecified atom stereocenters. The second-order valence-electron chi connectivity index (χ2n) is 6.27. The van der Waals surface area contributed by atoms with Crippen LogP contribution in [0.4, 0.5) is 4.79 Å². The van der Waals surface area contributed by atoms with Crippen LogP contribution in [-0.4, -0.2) is 72.1 Å². The van der Waals surface area contributed by atoms with Gasteiger partial charge in [-0.05, 0) is 0 Å². The van der Waals surface area contributed by atoms with Gasteiger partial charge in [0.15, 0.2) is 5.76 Å². The summed E-state index contributed by atoms with van der Waals surface area (Å²) in [6.45, 7) is 2.19. The molecule has 0 atom stereocenters. The number of hydrogen-bond donors (Lipinski definition) is 0. The molecule has 1 fully saturated rings. The minimum Gasteiger partial charge on any atom is -0.356 e. The fraction of sp³-hybridized carbons (Fsp3) is 0.389. The van der Waals surface area contributed by atoms with Gasteiger partial charge >= 0.3 is 6.03 Å². The highest BCUT2D eigenvalue weighted by Gasteiger charge is 2.25. The molecule has 1 aromatic carbocycles. The Balaban J connectivity index is 1.55. The summed E-state index contributed by atoms with van der Waals surface area (Å²) in [6.07, 6.45) is 0.206. The highest BCUT2D eigenvalue weighted by atomic mass is 16.5. The van der Waals surface area contributed by atoms with Crippen LogP contribution in [0.25, 0.3) is 11.3 Å². The lowest BCUT2D eigenvalue weighted by molar-refractivity contribution is -0.132. The van der Waals surface area contributed by atoms with E-state index in [2.05, 4.69) is 5.16 Å². The zero-order valence-electron chi connectivity index (χ0n) is 14.5. The van der Waals surface area contributed by atoms with Gasteiger partial charge in [0.2, 0.25) is 5.91 Å². The molecule has 3 rings (SSSR count). The van der Waals surface area contributed by atoms with E-state index in [9.17, 15) is 9.59 Å². The van der Waals surface area contributed by atoms with Gasteiger partial charge in [-0.15, -0.1) is 0 Å². The van der Waals surface area contributed by atoms with Crippen molar-refractivity contribution >= 4 is 11.9 Å². The highest BCUT2D eigenvalue weighted by molar-refractivity contribution is 5.79. The standard InChI is InChI=1S/C18H22N4O3/c1-20(2)18(24)22-10-8-21(9-11-22)17(23)13-15-12-16(25-19-15)14-6-4-3-5-7-14/h3-7,12H,8-11,13H2,1-2H3. The molecule has 3 amide bonds. The van der Waals surface area contributed by atoms with Gasteiger partial charge in [0.1, 0.15) is 0 Å². The van der Waals surface area contributed by atoms with Gasteiger partial charge in [0, 0.05) is 51.9 Å². The summed E-state index contributed by atoms with van der Waals surface area (Å²) in [5.74, 6) is 0.662. The normalized spacial score (nSPS) is 14.5. The Morgan fingerprint density at radius 1 is 1.08 bits per heavy atom. The van der Waals surface area contributed by atoms with E-state index in [0.717, 1.165) is 5.56 Å². The van der Waals surface area contributed by atoms with Crippen molar-refractivity contribution in [3.05, 3.63) is 42.1 Å². The Hall–Kier alpha value is -2.83. The minimum atomic E-state index is -0.0175. The lowest BCUT2D eigenvalue weighted by Gasteiger charge is -2.35. The molecule has 1 aliphatic rings. The topological polar surface area (TPSA) is 69.9 Å². The van der Waals surface area contributed by atoms with E-state index in [1.54, 1.807) is 34.9 Å². The van der Waals surface area contributed by atoms with Crippen molar-refractivity contribution in [2.45, 2.75) is 6.42 Å². The van der Waals surface area contributed by atoms with E-state index in [-0.39, 0.29) is 18.4 Å². The van der Waals surface area contributed by atoms with Crippen molar-refractivity contribution in [1.29, 1.82) is 0 Å². The number of nitrogens with zero attached hydrogens (tertiary/aromatic N) is 4. The molecule has 7 nitrogen and oxygen atoms in total. The van der Waals surface area contributed by atoms with Crippen LogP contribution in [0.2, 0.25) is 0 Å². The van der Waals surface area contributed by atoms with E-state index in [1.807, 2.05) is 30.3 Å². The van der Waals surface area contributed by atoms with Crippen LogP contribution in [0.1, 0.15) is 5.69 Å². The van der Waals surface area contributed by atoms with Gasteiger partial charge in [-0.3, -0.25) is 4.79 Å². The summed E-state index contributed by atoms with van der Waals surface area (Å²) in [5, 5.41) is 4.00. The molecule has 0 N–H and O–H groups in total. The first-order chi connectivity index (χ1) is 12.0. The molecular formula is C18H22N4O3. The van der Waals surface area contributed by atoms with Gasteiger partial charge in [-0.1, -0.05) is 35.5 Å². The predicted molar refractivity (Wildman–Crippen MR) is 92.9 cm³/mol. The van der Waals surface area contributed by atoms with Crippen molar-refractivity contribution in [2.24, 2.45) is 0 Å². The SMILES string of the molecule is CN(C)C(=O)N1CCN(C(=O)Cc2cc(-c3ccccc3)on2)CC1. The Kier molecular flexibility index (Phi) is 5.02. The summed E-state index contributed by atoms with van der Waals surface area (Å²) in [4.78, 5) is 29.5. The predicted octanol–water partition coefficient (Wildman–Crippen LogP) is 1.71. The number of amides is 3. The van der Waals surface area contributed by atoms with Crippen molar-refractivity contribution < 1.29 is 14.1 Å². The average molecular weight is 342 g/mol. The van der Waals surface area contributed by atoms with E-state index in [0.29, 0.717) is 37.6 Å². The third-order valence-corrected chi connectivity index (χ3v) is 4.24. The zero-order chi connectivity index (χ0) is 17.8. The number of piperazine rings is 1. The van der Waals surface area contributed by atoms with Gasteiger partial charge in [-0.25, -0.2) is 4.79 Å². The fourth-order valence-electron chi connectivity index (χ4n) is 2.83. The van der Waals surface area contributed by atoms with Crippen molar-refractivity contribution in [3.63, 3.8) is 0 Å². The average Bonchev–Trinajstić information content (AvgIpc) is 3.10. The maximum atomic E-state index is 12.5. The van der Waals surface area contributed by atoms with Gasteiger partial charge < -0.3 is 19.2 Å². The summed E-state index contributed by atoms with van der Waals surface area (Å²) in [6, 6.07) is 11.5. The van der Waals surface area contributed by atoms with Crippen LogP contribution in [0, 0.1) is 0 Å². The van der Waals surface area contributed by atoms with E-state index in [1.165, 1.54) is 0 Å². The van der Waals surface area contributed by atoms with E-state index >= 15 is 0 Å². The number of carbonyl (C=O) groups is 2. The molecule has 2 heterocycles. The highest BCUT2D eigenvalue weighted by Crippen LogP contribution is 2.20. The number of aromatic nitrogens is 1. The summed E-state index contributed by atoms with van der Waals surface area (Å²) >= 11 is 0. The quantitative estimate of drug-likeness (QED) is 0.851. The van der Waals surface area contributed by atoms with Crippen LogP contribution in [0.15, 0.2) is 40.9 Å². The first-order valence-electron chi connectivity index (χ1n) is 8.29. The van der Waals surface area contributed by atoms with Crippen molar-refractivity contribution in [1.82, 2.24) is 19.9 Å². The molecule has 1 aromatic heterocycles. The molecular weight excluding hydrogens is 320 g/mol. The summed E-state index contributed by atoms with van der Waals surface area (Å²) < 4.78 is 5.33. The fourth-order valence-corrected chi connectivity index (χ4v) is 2.83. The van der Waals surface area contributed by atoms with Crippen LogP contribution >= 0.6 is 0 Å². The smallest absolute Gasteiger partial charge is 0.319 e. The Bertz CT molecular complexity index is 734. The number of urea groups is 1. The molecule has 0 radical (unpaired) electrons. The van der Waals surface area contributed by atoms with Crippen LogP contribution in [0.3, 0.4) is 0 Å². The number of carbonyl (C=O) groups excluding carboxylic acids is 2. The minimum absolute atomic E-state index is 0.00450. The van der Waals surface area contributed by atoms with Crippen LogP contribution in [-0.2, 0) is 11.2 Å². The monoisotopic (exact) mass is 342 g/mol. The van der Waals surface area contributed by atoms with E-state index in [4.69, 9.17) is 4.52 Å². The molecule has 1 aliphatic heterocycles. The zero-order valence-corrected chi connectivity index (χ0v) is 14.5. The number of rotatable bonds is 3. The molecule has 1 saturated heterocycles. The van der Waals surface area contributed by atoms with Gasteiger partial charge in [-0.2, -0.15) is 0 Å². The molecule has 2 aromatic rings. The lowest BCUT2D eigenvalue weighted by Crippen LogP contribution is -2.53. The molecule has 7 heteroatoms. The maximum Gasteiger partial charge on any atom is 0.319 e. The van der Waals surface area contributed by atoms with Crippen molar-refractivity contribution in [2.75, 3.05) is 40.3 Å². The maximum absolute atomic E-state index is 12.5. The molecule has 25 heavy (non-hydrogen) atoms. The Morgan fingerprint density at radius 3 is 2.36 bits per heavy atom. The Labute approximate surface area is 146 Å². The second kappa shape index (κ2) is 7.38. The van der Waals surface area contributed by atoms with Gasteiger partial charge in [0.25, 0.3) is 0 Å². The van der Waals surface area contributed by atoms with E-state index < -0.39 is 0 Å². The summed E-state index contributed by atoms with van der Waals surface area (Å²) in [5.41, 5.74) is 1.56. The van der Waals surface area contributed by atoms with Crippen LogP contribution < -0.4 is 0 Å². The lowest BCUT2D eigenvalue weighted by atomic mass is 10.1. The van der Waals surface area contributed by atoms with Crippen molar-refractivity contribution in [3.8, 4) is 11.3 Å². The third-order valence-electron chi connectivity index (χ3n) is 4.24. The Morgan fingerprint density at radius 2 is 1.72 bits per heavy atom. The first kappa shape index (κ1) is 17.0. The molecule has 0 aliphatic carbocycles. The molecule has 0 spiro atoms. The number of benzene rings is 1. The first-order valence-corrected chi connectivity index (χ1v) is 8.29. The molecule has 0 bridgehead atoms. The van der Waals surface area contributed by atoms with Crippen LogP contribution in [0.5, 0.6) is 0 Å². The van der Waals surface area contributed by atoms with Gasteiger partial charge in [0.05, 0.1) is 12.1 Å². The third kappa shape index (κ3) is 3.99. The molecule has 0 saturated carbocycles. The second-order valence-corrected chi connectivity index (χ2v) is 6.27. The largest absolute Gasteiger partial charge is 0.356 e. The molecule has 132 valence electrons.